The molecule has 0 saturated heterocycles. The predicted molar refractivity (Wildman–Crippen MR) is 64.0 cm³/mol. The molecule has 0 heterocycles. The van der Waals surface area contributed by atoms with Crippen molar-refractivity contribution in [2.45, 2.75) is 32.2 Å². The van der Waals surface area contributed by atoms with Gasteiger partial charge in [0.25, 0.3) is 5.91 Å². The van der Waals surface area contributed by atoms with Crippen LogP contribution in [0.1, 0.15) is 36.5 Å². The number of phenols is 2. The standard InChI is InChI=1S/C13H17NO3/c1-8-5-6-9(7-8)14-13(17)12-10(15)3-2-4-11(12)16/h2-4,8-9,15-16H,5-7H2,1H3,(H,14,17). The fraction of sp³-hybridized carbons (Fsp3) is 0.462. The number of aromatic hydroxyl groups is 2. The Morgan fingerprint density at radius 2 is 1.94 bits per heavy atom. The predicted octanol–water partition coefficient (Wildman–Crippen LogP) is 2.02. The summed E-state index contributed by atoms with van der Waals surface area (Å²) in [6, 6.07) is 4.44. The highest BCUT2D eigenvalue weighted by Crippen LogP contribution is 2.28. The van der Waals surface area contributed by atoms with Crippen LogP contribution in [0.5, 0.6) is 11.5 Å². The molecule has 2 rings (SSSR count). The third-order valence-corrected chi connectivity index (χ3v) is 3.28. The minimum absolute atomic E-state index is 0.0351. The maximum Gasteiger partial charge on any atom is 0.259 e. The molecule has 1 fully saturated rings. The van der Waals surface area contributed by atoms with E-state index in [0.717, 1.165) is 19.3 Å². The van der Waals surface area contributed by atoms with Crippen molar-refractivity contribution >= 4 is 5.91 Å². The lowest BCUT2D eigenvalue weighted by Crippen LogP contribution is -2.32. The number of rotatable bonds is 2. The summed E-state index contributed by atoms with van der Waals surface area (Å²) in [5.41, 5.74) is -0.0351. The molecular formula is C13H17NO3. The minimum Gasteiger partial charge on any atom is -0.507 e. The van der Waals surface area contributed by atoms with E-state index in [1.54, 1.807) is 0 Å². The van der Waals surface area contributed by atoms with Crippen LogP contribution in [0.4, 0.5) is 0 Å². The monoisotopic (exact) mass is 235 g/mol. The fourth-order valence-corrected chi connectivity index (χ4v) is 2.36. The van der Waals surface area contributed by atoms with Gasteiger partial charge in [-0.2, -0.15) is 0 Å². The maximum absolute atomic E-state index is 11.9. The average molecular weight is 235 g/mol. The second-order valence-corrected chi connectivity index (χ2v) is 4.76. The van der Waals surface area contributed by atoms with E-state index in [2.05, 4.69) is 12.2 Å². The molecule has 1 aliphatic rings. The van der Waals surface area contributed by atoms with E-state index in [-0.39, 0.29) is 23.1 Å². The topological polar surface area (TPSA) is 69.6 Å². The van der Waals surface area contributed by atoms with Crippen LogP contribution in [0.3, 0.4) is 0 Å². The number of hydrogen-bond donors (Lipinski definition) is 3. The summed E-state index contributed by atoms with van der Waals surface area (Å²) in [6.07, 6.45) is 3.03. The quantitative estimate of drug-likeness (QED) is 0.734. The Kier molecular flexibility index (Phi) is 3.22. The van der Waals surface area contributed by atoms with Gasteiger partial charge in [-0.25, -0.2) is 0 Å². The van der Waals surface area contributed by atoms with Crippen LogP contribution in [-0.4, -0.2) is 22.2 Å². The molecular weight excluding hydrogens is 218 g/mol. The highest BCUT2D eigenvalue weighted by atomic mass is 16.3. The Labute approximate surface area is 100 Å². The van der Waals surface area contributed by atoms with Crippen molar-refractivity contribution in [3.05, 3.63) is 23.8 Å². The van der Waals surface area contributed by atoms with Crippen LogP contribution < -0.4 is 5.32 Å². The van der Waals surface area contributed by atoms with Gasteiger partial charge >= 0.3 is 0 Å². The molecule has 92 valence electrons. The second kappa shape index (κ2) is 4.65. The fourth-order valence-electron chi connectivity index (χ4n) is 2.36. The molecule has 0 aliphatic heterocycles. The van der Waals surface area contributed by atoms with Crippen molar-refractivity contribution in [3.8, 4) is 11.5 Å². The molecule has 0 spiro atoms. The van der Waals surface area contributed by atoms with Gasteiger partial charge in [0.2, 0.25) is 0 Å². The lowest BCUT2D eigenvalue weighted by molar-refractivity contribution is 0.0932. The molecule has 1 saturated carbocycles. The van der Waals surface area contributed by atoms with E-state index in [0.29, 0.717) is 5.92 Å². The van der Waals surface area contributed by atoms with Crippen LogP contribution in [0.15, 0.2) is 18.2 Å². The molecule has 1 aromatic carbocycles. The van der Waals surface area contributed by atoms with Crippen LogP contribution in [-0.2, 0) is 0 Å². The Bertz CT molecular complexity index is 410. The summed E-state index contributed by atoms with van der Waals surface area (Å²) in [5, 5.41) is 22.0. The molecule has 3 N–H and O–H groups in total. The number of phenolic OH excluding ortho intramolecular Hbond substituents is 2. The van der Waals surface area contributed by atoms with E-state index >= 15 is 0 Å². The molecule has 0 aromatic heterocycles. The number of carbonyl (C=O) groups is 1. The minimum atomic E-state index is -0.403. The van der Waals surface area contributed by atoms with E-state index in [1.165, 1.54) is 18.2 Å². The van der Waals surface area contributed by atoms with Gasteiger partial charge in [0.15, 0.2) is 0 Å². The Morgan fingerprint density at radius 3 is 2.47 bits per heavy atom. The first-order valence-corrected chi connectivity index (χ1v) is 5.89. The Hall–Kier alpha value is -1.71. The first kappa shape index (κ1) is 11.8. The van der Waals surface area contributed by atoms with Gasteiger partial charge in [-0.3, -0.25) is 4.79 Å². The Balaban J connectivity index is 2.10. The number of nitrogens with one attached hydrogen (secondary N) is 1. The third-order valence-electron chi connectivity index (χ3n) is 3.28. The lowest BCUT2D eigenvalue weighted by atomic mass is 10.1. The van der Waals surface area contributed by atoms with Crippen molar-refractivity contribution in [2.24, 2.45) is 5.92 Å². The molecule has 1 amide bonds. The van der Waals surface area contributed by atoms with Crippen molar-refractivity contribution < 1.29 is 15.0 Å². The highest BCUT2D eigenvalue weighted by Gasteiger charge is 2.25. The number of amides is 1. The molecule has 4 nitrogen and oxygen atoms in total. The van der Waals surface area contributed by atoms with Gasteiger partial charge in [0.1, 0.15) is 17.1 Å². The van der Waals surface area contributed by atoms with E-state index < -0.39 is 5.91 Å². The van der Waals surface area contributed by atoms with Gasteiger partial charge in [-0.1, -0.05) is 13.0 Å². The average Bonchev–Trinajstić information content (AvgIpc) is 2.63. The van der Waals surface area contributed by atoms with Crippen molar-refractivity contribution in [3.63, 3.8) is 0 Å². The van der Waals surface area contributed by atoms with E-state index in [1.807, 2.05) is 0 Å². The molecule has 2 atom stereocenters. The summed E-state index contributed by atoms with van der Waals surface area (Å²) in [4.78, 5) is 11.9. The molecule has 4 heteroatoms. The molecule has 0 bridgehead atoms. The normalized spacial score (nSPS) is 23.6. The molecule has 1 aliphatic carbocycles. The zero-order chi connectivity index (χ0) is 12.4. The second-order valence-electron chi connectivity index (χ2n) is 4.76. The van der Waals surface area contributed by atoms with Crippen molar-refractivity contribution in [1.82, 2.24) is 5.32 Å². The van der Waals surface area contributed by atoms with Crippen LogP contribution in [0, 0.1) is 5.92 Å². The lowest BCUT2D eigenvalue weighted by Gasteiger charge is -2.13. The largest absolute Gasteiger partial charge is 0.507 e. The smallest absolute Gasteiger partial charge is 0.259 e. The summed E-state index contributed by atoms with van der Waals surface area (Å²) in [5.74, 6) is -0.153. The molecule has 0 radical (unpaired) electrons. The molecule has 1 aromatic rings. The first-order chi connectivity index (χ1) is 8.08. The van der Waals surface area contributed by atoms with Crippen molar-refractivity contribution in [1.29, 1.82) is 0 Å². The summed E-state index contributed by atoms with van der Waals surface area (Å²) >= 11 is 0. The van der Waals surface area contributed by atoms with Crippen LogP contribution >= 0.6 is 0 Å². The van der Waals surface area contributed by atoms with Crippen LogP contribution in [0.25, 0.3) is 0 Å². The number of benzene rings is 1. The molecule has 17 heavy (non-hydrogen) atoms. The summed E-state index contributed by atoms with van der Waals surface area (Å²) in [6.45, 7) is 2.16. The van der Waals surface area contributed by atoms with Gasteiger partial charge in [0, 0.05) is 6.04 Å². The van der Waals surface area contributed by atoms with E-state index in [9.17, 15) is 15.0 Å². The van der Waals surface area contributed by atoms with Gasteiger partial charge in [-0.15, -0.1) is 0 Å². The zero-order valence-electron chi connectivity index (χ0n) is 9.81. The summed E-state index contributed by atoms with van der Waals surface area (Å²) < 4.78 is 0. The van der Waals surface area contributed by atoms with Crippen LogP contribution in [0.2, 0.25) is 0 Å². The van der Waals surface area contributed by atoms with Gasteiger partial charge in [0.05, 0.1) is 0 Å². The summed E-state index contributed by atoms with van der Waals surface area (Å²) in [7, 11) is 0. The highest BCUT2D eigenvalue weighted by molar-refractivity contribution is 5.99. The SMILES string of the molecule is CC1CCC(NC(=O)c2c(O)cccc2O)C1. The Morgan fingerprint density at radius 1 is 1.29 bits per heavy atom. The van der Waals surface area contributed by atoms with Gasteiger partial charge in [-0.05, 0) is 37.3 Å². The number of carbonyl (C=O) groups excluding carboxylic acids is 1. The number of hydrogen-bond acceptors (Lipinski definition) is 3. The molecule has 2 unspecified atom stereocenters. The van der Waals surface area contributed by atoms with Gasteiger partial charge < -0.3 is 15.5 Å². The first-order valence-electron chi connectivity index (χ1n) is 5.89. The van der Waals surface area contributed by atoms with Crippen molar-refractivity contribution in [2.75, 3.05) is 0 Å². The van der Waals surface area contributed by atoms with E-state index in [4.69, 9.17) is 0 Å². The third kappa shape index (κ3) is 2.52. The maximum atomic E-state index is 11.9. The zero-order valence-corrected chi connectivity index (χ0v) is 9.81.